The average Bonchev–Trinajstić information content (AvgIpc) is 2.27. The Morgan fingerprint density at radius 1 is 1.12 bits per heavy atom. The van der Waals surface area contributed by atoms with E-state index >= 15 is 0 Å². The van der Waals surface area contributed by atoms with Gasteiger partial charge in [0.2, 0.25) is 0 Å². The Morgan fingerprint density at radius 3 is 2.38 bits per heavy atom. The minimum absolute atomic E-state index is 0.237. The fourth-order valence-electron chi connectivity index (χ4n) is 1.39. The quantitative estimate of drug-likeness (QED) is 0.335. The van der Waals surface area contributed by atoms with E-state index in [1.54, 1.807) is 0 Å². The number of aliphatic hydroxyl groups excluding tert-OH is 3. The zero-order chi connectivity index (χ0) is 12.1. The minimum atomic E-state index is -1.60. The van der Waals surface area contributed by atoms with Gasteiger partial charge in [-0.2, -0.15) is 0 Å². The Balaban J connectivity index is 2.83. The van der Waals surface area contributed by atoms with Crippen LogP contribution >= 0.6 is 0 Å². The predicted octanol–water partition coefficient (Wildman–Crippen LogP) is -0.585. The van der Waals surface area contributed by atoms with Gasteiger partial charge in [0, 0.05) is 9.82 Å². The smallest absolute Gasteiger partial charge is 0.181 e. The molecule has 0 aliphatic carbocycles. The molecule has 16 heavy (non-hydrogen) atoms. The van der Waals surface area contributed by atoms with Gasteiger partial charge in [-0.1, -0.05) is 10.2 Å². The number of hydrogen-bond acceptors (Lipinski definition) is 6. The van der Waals surface area contributed by atoms with Gasteiger partial charge in [-0.25, -0.2) is 0 Å². The standard InChI is InChI=1S/C6H10N6O4/c7-11-9-1-2-4(13)3(10-12-8)5(14)6(15)16-2/h2-6,13-15H,1H2. The third-order valence-corrected chi connectivity index (χ3v) is 2.20. The Bertz CT molecular complexity index is 338. The molecule has 1 aliphatic heterocycles. The number of rotatable bonds is 3. The lowest BCUT2D eigenvalue weighted by Crippen LogP contribution is -2.57. The monoisotopic (exact) mass is 230 g/mol. The lowest BCUT2D eigenvalue weighted by Gasteiger charge is -2.38. The molecule has 10 nitrogen and oxygen atoms in total. The van der Waals surface area contributed by atoms with Crippen molar-refractivity contribution in [2.45, 2.75) is 30.6 Å². The first kappa shape index (κ1) is 12.5. The third kappa shape index (κ3) is 2.52. The molecule has 0 saturated carbocycles. The number of hydrogen-bond donors (Lipinski definition) is 3. The van der Waals surface area contributed by atoms with Crippen LogP contribution in [0.5, 0.6) is 0 Å². The molecule has 10 heteroatoms. The van der Waals surface area contributed by atoms with Crippen molar-refractivity contribution < 1.29 is 20.1 Å². The van der Waals surface area contributed by atoms with Gasteiger partial charge in [-0.3, -0.25) is 0 Å². The molecule has 0 spiro atoms. The largest absolute Gasteiger partial charge is 0.390 e. The molecular weight excluding hydrogens is 220 g/mol. The summed E-state index contributed by atoms with van der Waals surface area (Å²) in [6, 6.07) is -1.24. The topological polar surface area (TPSA) is 167 Å². The third-order valence-electron chi connectivity index (χ3n) is 2.20. The molecule has 0 aromatic rings. The summed E-state index contributed by atoms with van der Waals surface area (Å²) >= 11 is 0. The lowest BCUT2D eigenvalue weighted by molar-refractivity contribution is -0.249. The van der Waals surface area contributed by atoms with E-state index in [0.717, 1.165) is 0 Å². The molecule has 1 fully saturated rings. The first-order valence-corrected chi connectivity index (χ1v) is 4.36. The van der Waals surface area contributed by atoms with E-state index in [2.05, 4.69) is 20.1 Å². The molecule has 0 aromatic carbocycles. The normalized spacial score (nSPS) is 38.3. The summed E-state index contributed by atoms with van der Waals surface area (Å²) in [5.74, 6) is 0. The summed E-state index contributed by atoms with van der Waals surface area (Å²) in [5, 5.41) is 34.6. The predicted molar refractivity (Wildman–Crippen MR) is 49.8 cm³/mol. The van der Waals surface area contributed by atoms with Crippen molar-refractivity contribution in [2.75, 3.05) is 6.54 Å². The minimum Gasteiger partial charge on any atom is -0.390 e. The summed E-state index contributed by atoms with van der Waals surface area (Å²) in [4.78, 5) is 4.91. The first-order valence-electron chi connectivity index (χ1n) is 4.36. The maximum atomic E-state index is 9.63. The molecule has 1 aliphatic rings. The summed E-state index contributed by atoms with van der Waals surface area (Å²) < 4.78 is 4.80. The number of aliphatic hydroxyl groups is 3. The zero-order valence-corrected chi connectivity index (χ0v) is 8.03. The molecule has 1 saturated heterocycles. The second-order valence-corrected chi connectivity index (χ2v) is 3.16. The SMILES string of the molecule is [N-]=[N+]=NCC1OC(O)C(O)C(N=[N+]=[N-])C1O. The fourth-order valence-corrected chi connectivity index (χ4v) is 1.39. The highest BCUT2D eigenvalue weighted by Crippen LogP contribution is 2.22. The van der Waals surface area contributed by atoms with Crippen molar-refractivity contribution in [3.8, 4) is 0 Å². The Labute approximate surface area is 89.3 Å². The van der Waals surface area contributed by atoms with Gasteiger partial charge in [-0.05, 0) is 11.1 Å². The van der Waals surface area contributed by atoms with Crippen molar-refractivity contribution in [2.24, 2.45) is 10.2 Å². The Morgan fingerprint density at radius 2 is 1.81 bits per heavy atom. The van der Waals surface area contributed by atoms with Gasteiger partial charge < -0.3 is 20.1 Å². The van der Waals surface area contributed by atoms with Crippen LogP contribution in [0, 0.1) is 0 Å². The highest BCUT2D eigenvalue weighted by atomic mass is 16.6. The van der Waals surface area contributed by atoms with Gasteiger partial charge >= 0.3 is 0 Å². The van der Waals surface area contributed by atoms with E-state index in [9.17, 15) is 15.3 Å². The van der Waals surface area contributed by atoms with Crippen molar-refractivity contribution in [1.29, 1.82) is 0 Å². The maximum Gasteiger partial charge on any atom is 0.181 e. The van der Waals surface area contributed by atoms with E-state index in [0.29, 0.717) is 0 Å². The summed E-state index contributed by atoms with van der Waals surface area (Å²) in [7, 11) is 0. The van der Waals surface area contributed by atoms with Crippen molar-refractivity contribution in [3.63, 3.8) is 0 Å². The molecule has 0 bridgehead atoms. The summed E-state index contributed by atoms with van der Waals surface area (Å²) in [6.45, 7) is -0.237. The lowest BCUT2D eigenvalue weighted by atomic mass is 9.97. The fraction of sp³-hybridized carbons (Fsp3) is 1.00. The molecule has 5 unspecified atom stereocenters. The highest BCUT2D eigenvalue weighted by Gasteiger charge is 2.43. The molecule has 1 heterocycles. The van der Waals surface area contributed by atoms with E-state index in [1.807, 2.05) is 0 Å². The van der Waals surface area contributed by atoms with Crippen LogP contribution in [0.4, 0.5) is 0 Å². The second kappa shape index (κ2) is 5.52. The number of ether oxygens (including phenoxy) is 1. The van der Waals surface area contributed by atoms with Crippen LogP contribution in [0.3, 0.4) is 0 Å². The molecule has 5 atom stereocenters. The molecular formula is C6H10N6O4. The van der Waals surface area contributed by atoms with Crippen LogP contribution in [-0.4, -0.2) is 52.5 Å². The van der Waals surface area contributed by atoms with Crippen molar-refractivity contribution in [3.05, 3.63) is 20.9 Å². The van der Waals surface area contributed by atoms with E-state index in [1.165, 1.54) is 0 Å². The summed E-state index contributed by atoms with van der Waals surface area (Å²) in [5.41, 5.74) is 16.3. The summed E-state index contributed by atoms with van der Waals surface area (Å²) in [6.07, 6.45) is -5.49. The van der Waals surface area contributed by atoms with Crippen LogP contribution < -0.4 is 0 Å². The molecule has 1 rings (SSSR count). The van der Waals surface area contributed by atoms with Crippen LogP contribution in [0.1, 0.15) is 0 Å². The molecule has 88 valence electrons. The van der Waals surface area contributed by atoms with Gasteiger partial charge in [0.25, 0.3) is 0 Å². The van der Waals surface area contributed by atoms with Gasteiger partial charge in [0.05, 0.1) is 24.8 Å². The highest BCUT2D eigenvalue weighted by molar-refractivity contribution is 4.94. The number of nitrogens with zero attached hydrogens (tertiary/aromatic N) is 6. The van der Waals surface area contributed by atoms with Crippen LogP contribution in [0.15, 0.2) is 10.2 Å². The van der Waals surface area contributed by atoms with Crippen molar-refractivity contribution in [1.82, 2.24) is 0 Å². The molecule has 3 N–H and O–H groups in total. The van der Waals surface area contributed by atoms with Crippen LogP contribution in [0.25, 0.3) is 20.9 Å². The maximum absolute atomic E-state index is 9.63. The first-order chi connectivity index (χ1) is 7.61. The van der Waals surface area contributed by atoms with Gasteiger partial charge in [0.1, 0.15) is 6.10 Å². The molecule has 0 radical (unpaired) electrons. The van der Waals surface area contributed by atoms with E-state index in [4.69, 9.17) is 15.8 Å². The van der Waals surface area contributed by atoms with E-state index in [-0.39, 0.29) is 6.54 Å². The van der Waals surface area contributed by atoms with Gasteiger partial charge in [-0.15, -0.1) is 0 Å². The number of azide groups is 2. The Kier molecular flexibility index (Phi) is 4.32. The zero-order valence-electron chi connectivity index (χ0n) is 8.03. The van der Waals surface area contributed by atoms with Gasteiger partial charge in [0.15, 0.2) is 6.29 Å². The Hall–Kier alpha value is -1.54. The molecule has 0 amide bonds. The second-order valence-electron chi connectivity index (χ2n) is 3.16. The molecule has 0 aromatic heterocycles. The van der Waals surface area contributed by atoms with Crippen LogP contribution in [-0.2, 0) is 4.74 Å². The van der Waals surface area contributed by atoms with E-state index < -0.39 is 30.6 Å². The van der Waals surface area contributed by atoms with Crippen molar-refractivity contribution >= 4 is 0 Å². The average molecular weight is 230 g/mol. The van der Waals surface area contributed by atoms with Crippen LogP contribution in [0.2, 0.25) is 0 Å².